The van der Waals surface area contributed by atoms with Crippen molar-refractivity contribution in [3.63, 3.8) is 0 Å². The number of carboxylic acids is 1. The molecule has 1 fully saturated rings. The molecule has 0 spiro atoms. The van der Waals surface area contributed by atoms with E-state index in [1.807, 2.05) is 0 Å². The fourth-order valence-corrected chi connectivity index (χ4v) is 2.85. The highest BCUT2D eigenvalue weighted by Gasteiger charge is 2.32. The van der Waals surface area contributed by atoms with Crippen molar-refractivity contribution >= 4 is 23.6 Å². The SMILES string of the molecule is Cc1cc(NC(=O)CN(C)C(=O)C2CCCC(C(=O)O)C2)no1. The van der Waals surface area contributed by atoms with E-state index >= 15 is 0 Å². The van der Waals surface area contributed by atoms with E-state index < -0.39 is 11.9 Å². The Bertz CT molecular complexity index is 598. The van der Waals surface area contributed by atoms with Crippen LogP contribution in [0.2, 0.25) is 0 Å². The quantitative estimate of drug-likeness (QED) is 0.844. The van der Waals surface area contributed by atoms with Crippen LogP contribution in [0, 0.1) is 18.8 Å². The largest absolute Gasteiger partial charge is 0.481 e. The first-order valence-electron chi connectivity index (χ1n) is 7.57. The van der Waals surface area contributed by atoms with E-state index in [0.717, 1.165) is 0 Å². The van der Waals surface area contributed by atoms with Crippen molar-refractivity contribution < 1.29 is 24.0 Å². The molecule has 0 radical (unpaired) electrons. The van der Waals surface area contributed by atoms with Gasteiger partial charge in [0.1, 0.15) is 5.76 Å². The van der Waals surface area contributed by atoms with Gasteiger partial charge in [0.25, 0.3) is 0 Å². The van der Waals surface area contributed by atoms with Crippen LogP contribution in [-0.2, 0) is 14.4 Å². The minimum atomic E-state index is -0.857. The maximum absolute atomic E-state index is 12.4. The van der Waals surface area contributed by atoms with Gasteiger partial charge < -0.3 is 19.8 Å². The van der Waals surface area contributed by atoms with Gasteiger partial charge >= 0.3 is 5.97 Å². The predicted octanol–water partition coefficient (Wildman–Crippen LogP) is 1.27. The molecule has 1 heterocycles. The van der Waals surface area contributed by atoms with E-state index in [0.29, 0.717) is 37.3 Å². The Labute approximate surface area is 133 Å². The molecule has 0 aromatic carbocycles. The van der Waals surface area contributed by atoms with Gasteiger partial charge in [-0.25, -0.2) is 0 Å². The molecule has 1 aromatic rings. The Morgan fingerprint density at radius 2 is 2.09 bits per heavy atom. The average Bonchev–Trinajstić information content (AvgIpc) is 2.91. The second-order valence-corrected chi connectivity index (χ2v) is 5.96. The number of carbonyl (C=O) groups is 3. The third-order valence-electron chi connectivity index (χ3n) is 4.03. The van der Waals surface area contributed by atoms with Crippen LogP contribution >= 0.6 is 0 Å². The molecule has 2 unspecified atom stereocenters. The van der Waals surface area contributed by atoms with E-state index in [1.54, 1.807) is 20.0 Å². The van der Waals surface area contributed by atoms with Gasteiger partial charge in [-0.2, -0.15) is 0 Å². The van der Waals surface area contributed by atoms with Crippen molar-refractivity contribution in [3.05, 3.63) is 11.8 Å². The number of aliphatic carboxylic acids is 1. The summed E-state index contributed by atoms with van der Waals surface area (Å²) in [5.74, 6) is -1.36. The second kappa shape index (κ2) is 7.26. The normalized spacial score (nSPS) is 20.8. The maximum atomic E-state index is 12.4. The van der Waals surface area contributed by atoms with Crippen LogP contribution in [0.1, 0.15) is 31.4 Å². The van der Waals surface area contributed by atoms with E-state index in [4.69, 9.17) is 9.63 Å². The highest BCUT2D eigenvalue weighted by Crippen LogP contribution is 2.30. The Hall–Kier alpha value is -2.38. The lowest BCUT2D eigenvalue weighted by molar-refractivity contribution is -0.145. The number of nitrogens with one attached hydrogen (secondary N) is 1. The number of carbonyl (C=O) groups excluding carboxylic acids is 2. The summed E-state index contributed by atoms with van der Waals surface area (Å²) < 4.78 is 4.85. The minimum absolute atomic E-state index is 0.112. The molecule has 8 heteroatoms. The van der Waals surface area contributed by atoms with Gasteiger partial charge in [0.05, 0.1) is 12.5 Å². The first kappa shape index (κ1) is 17.0. The Morgan fingerprint density at radius 3 is 2.70 bits per heavy atom. The summed E-state index contributed by atoms with van der Waals surface area (Å²) in [7, 11) is 1.54. The number of rotatable bonds is 5. The van der Waals surface area contributed by atoms with Crippen molar-refractivity contribution in [2.24, 2.45) is 11.8 Å². The molecule has 2 N–H and O–H groups in total. The number of aromatic nitrogens is 1. The summed E-state index contributed by atoms with van der Waals surface area (Å²) in [5, 5.41) is 15.3. The average molecular weight is 323 g/mol. The van der Waals surface area contributed by atoms with Crippen molar-refractivity contribution in [1.29, 1.82) is 0 Å². The number of aryl methyl sites for hydroxylation is 1. The zero-order chi connectivity index (χ0) is 17.0. The molecule has 2 amide bonds. The molecule has 0 saturated heterocycles. The number of nitrogens with zero attached hydrogens (tertiary/aromatic N) is 2. The fourth-order valence-electron chi connectivity index (χ4n) is 2.85. The van der Waals surface area contributed by atoms with Crippen molar-refractivity contribution in [1.82, 2.24) is 10.1 Å². The van der Waals surface area contributed by atoms with Crippen LogP contribution in [-0.4, -0.2) is 46.5 Å². The number of hydrogen-bond acceptors (Lipinski definition) is 5. The number of amides is 2. The Kier molecular flexibility index (Phi) is 5.36. The summed E-state index contributed by atoms with van der Waals surface area (Å²) in [5.41, 5.74) is 0. The molecule has 126 valence electrons. The van der Waals surface area contributed by atoms with Crippen LogP contribution in [0.4, 0.5) is 5.82 Å². The summed E-state index contributed by atoms with van der Waals surface area (Å²) in [6.07, 6.45) is 2.32. The summed E-state index contributed by atoms with van der Waals surface area (Å²) in [6, 6.07) is 1.58. The van der Waals surface area contributed by atoms with Crippen molar-refractivity contribution in [2.45, 2.75) is 32.6 Å². The molecule has 1 aliphatic rings. The molecule has 0 bridgehead atoms. The standard InChI is InChI=1S/C15H21N3O5/c1-9-6-12(17-23-9)16-13(19)8-18(2)14(20)10-4-3-5-11(7-10)15(21)22/h6,10-11H,3-5,7-8H2,1-2H3,(H,21,22)(H,16,17,19). The molecule has 2 atom stereocenters. The highest BCUT2D eigenvalue weighted by atomic mass is 16.5. The van der Waals surface area contributed by atoms with Gasteiger partial charge in [0, 0.05) is 19.0 Å². The van der Waals surface area contributed by atoms with Gasteiger partial charge in [-0.05, 0) is 26.2 Å². The van der Waals surface area contributed by atoms with Gasteiger partial charge in [-0.15, -0.1) is 0 Å². The number of hydrogen-bond donors (Lipinski definition) is 2. The summed E-state index contributed by atoms with van der Waals surface area (Å²) in [6.45, 7) is 1.60. The topological polar surface area (TPSA) is 113 Å². The smallest absolute Gasteiger partial charge is 0.306 e. The summed E-state index contributed by atoms with van der Waals surface area (Å²) >= 11 is 0. The third-order valence-corrected chi connectivity index (χ3v) is 4.03. The first-order valence-corrected chi connectivity index (χ1v) is 7.57. The van der Waals surface area contributed by atoms with E-state index in [9.17, 15) is 14.4 Å². The third kappa shape index (κ3) is 4.54. The summed E-state index contributed by atoms with van der Waals surface area (Å²) in [4.78, 5) is 36.7. The van der Waals surface area contributed by atoms with Crippen LogP contribution in [0.5, 0.6) is 0 Å². The predicted molar refractivity (Wildman–Crippen MR) is 80.6 cm³/mol. The molecular formula is C15H21N3O5. The molecule has 1 aliphatic carbocycles. The molecular weight excluding hydrogens is 302 g/mol. The number of carboxylic acid groups (broad SMARTS) is 1. The zero-order valence-corrected chi connectivity index (χ0v) is 13.2. The van der Waals surface area contributed by atoms with Gasteiger partial charge in [-0.3, -0.25) is 14.4 Å². The lowest BCUT2D eigenvalue weighted by Crippen LogP contribution is -2.40. The molecule has 1 saturated carbocycles. The second-order valence-electron chi connectivity index (χ2n) is 5.96. The number of likely N-dealkylation sites (N-methyl/N-ethyl adjacent to an activating group) is 1. The van der Waals surface area contributed by atoms with Crippen molar-refractivity contribution in [2.75, 3.05) is 18.9 Å². The van der Waals surface area contributed by atoms with E-state index in [-0.39, 0.29) is 24.3 Å². The van der Waals surface area contributed by atoms with Crippen LogP contribution in [0.3, 0.4) is 0 Å². The zero-order valence-electron chi connectivity index (χ0n) is 13.2. The molecule has 0 aliphatic heterocycles. The number of anilines is 1. The lowest BCUT2D eigenvalue weighted by Gasteiger charge is -2.29. The Balaban J connectivity index is 1.86. The van der Waals surface area contributed by atoms with Gasteiger partial charge in [-0.1, -0.05) is 11.6 Å². The highest BCUT2D eigenvalue weighted by molar-refractivity contribution is 5.94. The van der Waals surface area contributed by atoms with Crippen molar-refractivity contribution in [3.8, 4) is 0 Å². The van der Waals surface area contributed by atoms with Gasteiger partial charge in [0.2, 0.25) is 11.8 Å². The van der Waals surface area contributed by atoms with Crippen LogP contribution in [0.15, 0.2) is 10.6 Å². The molecule has 2 rings (SSSR count). The monoisotopic (exact) mass is 323 g/mol. The molecule has 8 nitrogen and oxygen atoms in total. The molecule has 1 aromatic heterocycles. The van der Waals surface area contributed by atoms with Crippen LogP contribution < -0.4 is 5.32 Å². The van der Waals surface area contributed by atoms with Gasteiger partial charge in [0.15, 0.2) is 5.82 Å². The minimum Gasteiger partial charge on any atom is -0.481 e. The molecule has 23 heavy (non-hydrogen) atoms. The Morgan fingerprint density at radius 1 is 1.39 bits per heavy atom. The van der Waals surface area contributed by atoms with E-state index in [2.05, 4.69) is 10.5 Å². The lowest BCUT2D eigenvalue weighted by atomic mass is 9.81. The van der Waals surface area contributed by atoms with Crippen LogP contribution in [0.25, 0.3) is 0 Å². The first-order chi connectivity index (χ1) is 10.9. The fraction of sp³-hybridized carbons (Fsp3) is 0.600. The maximum Gasteiger partial charge on any atom is 0.306 e. The van der Waals surface area contributed by atoms with E-state index in [1.165, 1.54) is 4.90 Å².